The Morgan fingerprint density at radius 1 is 1.39 bits per heavy atom. The van der Waals surface area contributed by atoms with E-state index in [0.29, 0.717) is 24.5 Å². The number of pyridine rings is 1. The minimum Gasteiger partial charge on any atom is -0.361 e. The Morgan fingerprint density at radius 3 is 2.96 bits per heavy atom. The average Bonchev–Trinajstić information content (AvgIpc) is 3.00. The van der Waals surface area contributed by atoms with Crippen molar-refractivity contribution in [1.82, 2.24) is 15.0 Å². The molecule has 6 heteroatoms. The van der Waals surface area contributed by atoms with Gasteiger partial charge in [0.25, 0.3) is 0 Å². The van der Waals surface area contributed by atoms with E-state index in [0.717, 1.165) is 18.5 Å². The van der Waals surface area contributed by atoms with Crippen molar-refractivity contribution in [2.75, 3.05) is 13.1 Å². The van der Waals surface area contributed by atoms with E-state index in [1.807, 2.05) is 6.92 Å². The molecular formula is C17H19N3O3. The SMILES string of the molecule is Cc1cc(CC(=O)N2CCC[C@@H](C(=O)c3ccccn3)C2)on1. The Kier molecular flexibility index (Phi) is 4.50. The van der Waals surface area contributed by atoms with Crippen molar-refractivity contribution in [3.63, 3.8) is 0 Å². The zero-order valence-corrected chi connectivity index (χ0v) is 13.1. The number of likely N-dealkylation sites (tertiary alicyclic amines) is 1. The molecule has 1 amide bonds. The molecule has 2 aromatic rings. The molecule has 1 fully saturated rings. The Morgan fingerprint density at radius 2 is 2.26 bits per heavy atom. The van der Waals surface area contributed by atoms with Gasteiger partial charge >= 0.3 is 0 Å². The third kappa shape index (κ3) is 3.64. The molecule has 1 aliphatic heterocycles. The number of hydrogen-bond acceptors (Lipinski definition) is 5. The van der Waals surface area contributed by atoms with E-state index in [-0.39, 0.29) is 24.0 Å². The zero-order chi connectivity index (χ0) is 16.2. The van der Waals surface area contributed by atoms with Crippen LogP contribution in [0, 0.1) is 12.8 Å². The molecule has 0 spiro atoms. The largest absolute Gasteiger partial charge is 0.361 e. The highest BCUT2D eigenvalue weighted by atomic mass is 16.5. The van der Waals surface area contributed by atoms with Crippen molar-refractivity contribution in [3.05, 3.63) is 47.6 Å². The molecule has 0 N–H and O–H groups in total. The Balaban J connectivity index is 1.63. The van der Waals surface area contributed by atoms with E-state index < -0.39 is 0 Å². The molecule has 0 unspecified atom stereocenters. The van der Waals surface area contributed by atoms with Crippen molar-refractivity contribution < 1.29 is 14.1 Å². The van der Waals surface area contributed by atoms with Crippen molar-refractivity contribution >= 4 is 11.7 Å². The van der Waals surface area contributed by atoms with Gasteiger partial charge in [-0.05, 0) is 31.9 Å². The van der Waals surface area contributed by atoms with Crippen molar-refractivity contribution in [2.45, 2.75) is 26.2 Å². The second-order valence-corrected chi connectivity index (χ2v) is 5.87. The van der Waals surface area contributed by atoms with Crippen LogP contribution in [0.4, 0.5) is 0 Å². The maximum absolute atomic E-state index is 12.5. The van der Waals surface area contributed by atoms with Crippen LogP contribution in [0.1, 0.15) is 34.8 Å². The smallest absolute Gasteiger partial charge is 0.230 e. The molecule has 0 saturated carbocycles. The van der Waals surface area contributed by atoms with Gasteiger partial charge in [0.1, 0.15) is 11.5 Å². The van der Waals surface area contributed by atoms with E-state index in [1.54, 1.807) is 35.4 Å². The van der Waals surface area contributed by atoms with Crippen LogP contribution < -0.4 is 0 Å². The number of rotatable bonds is 4. The fourth-order valence-electron chi connectivity index (χ4n) is 2.90. The van der Waals surface area contributed by atoms with Crippen LogP contribution in [0.25, 0.3) is 0 Å². The molecule has 6 nitrogen and oxygen atoms in total. The molecule has 0 aliphatic carbocycles. The molecule has 0 aromatic carbocycles. The highest BCUT2D eigenvalue weighted by Crippen LogP contribution is 2.21. The summed E-state index contributed by atoms with van der Waals surface area (Å²) in [6, 6.07) is 7.07. The first-order valence-corrected chi connectivity index (χ1v) is 7.78. The van der Waals surface area contributed by atoms with Crippen LogP contribution >= 0.6 is 0 Å². The number of hydrogen-bond donors (Lipinski definition) is 0. The third-order valence-electron chi connectivity index (χ3n) is 4.06. The number of aryl methyl sites for hydroxylation is 1. The van der Waals surface area contributed by atoms with Gasteiger partial charge in [-0.1, -0.05) is 11.2 Å². The Hall–Kier alpha value is -2.50. The number of nitrogens with zero attached hydrogens (tertiary/aromatic N) is 3. The highest BCUT2D eigenvalue weighted by molar-refractivity contribution is 5.96. The highest BCUT2D eigenvalue weighted by Gasteiger charge is 2.29. The summed E-state index contributed by atoms with van der Waals surface area (Å²) in [4.78, 5) is 30.8. The molecule has 1 atom stereocenters. The van der Waals surface area contributed by atoms with Gasteiger partial charge in [0.2, 0.25) is 5.91 Å². The average molecular weight is 313 g/mol. The van der Waals surface area contributed by atoms with Gasteiger partial charge in [-0.25, -0.2) is 0 Å². The third-order valence-corrected chi connectivity index (χ3v) is 4.06. The minimum absolute atomic E-state index is 0.0126. The van der Waals surface area contributed by atoms with E-state index >= 15 is 0 Å². The first-order chi connectivity index (χ1) is 11.1. The summed E-state index contributed by atoms with van der Waals surface area (Å²) < 4.78 is 5.09. The molecule has 0 bridgehead atoms. The number of carbonyl (C=O) groups excluding carboxylic acids is 2. The predicted molar refractivity (Wildman–Crippen MR) is 82.8 cm³/mol. The number of Topliss-reactive ketones (excluding diaryl/α,β-unsaturated/α-hetero) is 1. The topological polar surface area (TPSA) is 76.3 Å². The first kappa shape index (κ1) is 15.4. The van der Waals surface area contributed by atoms with Gasteiger partial charge in [-0.2, -0.15) is 0 Å². The lowest BCUT2D eigenvalue weighted by Gasteiger charge is -2.31. The first-order valence-electron chi connectivity index (χ1n) is 7.78. The van der Waals surface area contributed by atoms with E-state index in [1.165, 1.54) is 0 Å². The van der Waals surface area contributed by atoms with Crippen LogP contribution in [-0.4, -0.2) is 39.8 Å². The Labute approximate surface area is 134 Å². The maximum atomic E-state index is 12.5. The lowest BCUT2D eigenvalue weighted by molar-refractivity contribution is -0.132. The Bertz CT molecular complexity index is 696. The molecule has 3 rings (SSSR count). The van der Waals surface area contributed by atoms with E-state index in [4.69, 9.17) is 4.52 Å². The number of ketones is 1. The van der Waals surface area contributed by atoms with Gasteiger partial charge in [-0.15, -0.1) is 0 Å². The molecule has 1 saturated heterocycles. The zero-order valence-electron chi connectivity index (χ0n) is 13.1. The van der Waals surface area contributed by atoms with Crippen LogP contribution in [0.15, 0.2) is 35.0 Å². The summed E-state index contributed by atoms with van der Waals surface area (Å²) in [5.41, 5.74) is 1.23. The fourth-order valence-corrected chi connectivity index (χ4v) is 2.90. The minimum atomic E-state index is -0.181. The molecule has 2 aromatic heterocycles. The van der Waals surface area contributed by atoms with Gasteiger partial charge in [0.05, 0.1) is 12.1 Å². The summed E-state index contributed by atoms with van der Waals surface area (Å²) in [6.07, 6.45) is 3.42. The van der Waals surface area contributed by atoms with E-state index in [9.17, 15) is 9.59 Å². The van der Waals surface area contributed by atoms with Crippen LogP contribution in [0.5, 0.6) is 0 Å². The maximum Gasteiger partial charge on any atom is 0.230 e. The number of carbonyl (C=O) groups is 2. The predicted octanol–water partition coefficient (Wildman–Crippen LogP) is 2.04. The van der Waals surface area contributed by atoms with Gasteiger partial charge in [0, 0.05) is 31.3 Å². The van der Waals surface area contributed by atoms with Crippen molar-refractivity contribution in [3.8, 4) is 0 Å². The monoisotopic (exact) mass is 313 g/mol. The summed E-state index contributed by atoms with van der Waals surface area (Å²) in [5.74, 6) is 0.364. The number of piperidine rings is 1. The van der Waals surface area contributed by atoms with Crippen LogP contribution in [-0.2, 0) is 11.2 Å². The summed E-state index contributed by atoms with van der Waals surface area (Å²) >= 11 is 0. The summed E-state index contributed by atoms with van der Waals surface area (Å²) in [6.45, 7) is 2.94. The fraction of sp³-hybridized carbons (Fsp3) is 0.412. The van der Waals surface area contributed by atoms with Crippen LogP contribution in [0.3, 0.4) is 0 Å². The lowest BCUT2D eigenvalue weighted by atomic mass is 9.91. The second kappa shape index (κ2) is 6.73. The number of amides is 1. The van der Waals surface area contributed by atoms with E-state index in [2.05, 4.69) is 10.1 Å². The molecule has 23 heavy (non-hydrogen) atoms. The second-order valence-electron chi connectivity index (χ2n) is 5.87. The number of aromatic nitrogens is 2. The molecule has 1 aliphatic rings. The van der Waals surface area contributed by atoms with Crippen molar-refractivity contribution in [2.24, 2.45) is 5.92 Å². The lowest BCUT2D eigenvalue weighted by Crippen LogP contribution is -2.43. The van der Waals surface area contributed by atoms with Crippen LogP contribution in [0.2, 0.25) is 0 Å². The van der Waals surface area contributed by atoms with Gasteiger partial charge in [-0.3, -0.25) is 14.6 Å². The molecule has 0 radical (unpaired) electrons. The summed E-state index contributed by atoms with van der Waals surface area (Å²) in [7, 11) is 0. The molecule has 120 valence electrons. The normalized spacial score (nSPS) is 18.0. The van der Waals surface area contributed by atoms with Gasteiger partial charge < -0.3 is 9.42 Å². The van der Waals surface area contributed by atoms with Crippen molar-refractivity contribution in [1.29, 1.82) is 0 Å². The summed E-state index contributed by atoms with van der Waals surface area (Å²) in [5, 5.41) is 3.79. The van der Waals surface area contributed by atoms with Gasteiger partial charge in [0.15, 0.2) is 5.78 Å². The molecular weight excluding hydrogens is 294 g/mol. The quantitative estimate of drug-likeness (QED) is 0.807. The standard InChI is InChI=1S/C17H19N3O3/c1-12-9-14(23-19-12)10-16(21)20-8-4-5-13(11-20)17(22)15-6-2-3-7-18-15/h2-3,6-7,9,13H,4-5,8,10-11H2,1H3/t13-/m1/s1. The molecule has 3 heterocycles.